The summed E-state index contributed by atoms with van der Waals surface area (Å²) < 4.78 is 10.6. The van der Waals surface area contributed by atoms with Crippen molar-refractivity contribution in [2.24, 2.45) is 0 Å². The van der Waals surface area contributed by atoms with Crippen molar-refractivity contribution in [2.75, 3.05) is 19.5 Å². The van der Waals surface area contributed by atoms with E-state index in [1.807, 2.05) is 6.07 Å². The predicted octanol–water partition coefficient (Wildman–Crippen LogP) is 3.13. The van der Waals surface area contributed by atoms with Gasteiger partial charge in [-0.15, -0.1) is 0 Å². The molecule has 0 heterocycles. The maximum Gasteiger partial charge on any atom is 0.150 e. The van der Waals surface area contributed by atoms with Gasteiger partial charge in [-0.25, -0.2) is 0 Å². The number of rotatable bonds is 5. The van der Waals surface area contributed by atoms with E-state index in [4.69, 9.17) is 14.7 Å². The van der Waals surface area contributed by atoms with Crippen LogP contribution < -0.4 is 14.8 Å². The molecule has 106 valence electrons. The van der Waals surface area contributed by atoms with E-state index >= 15 is 0 Å². The molecule has 0 atom stereocenters. The lowest BCUT2D eigenvalue weighted by Gasteiger charge is -2.16. The molecule has 5 heteroatoms. The second kappa shape index (κ2) is 6.44. The SMILES string of the molecule is COc1cc(C=O)cc(OC)c1Nc1ccccc1C#N. The molecule has 0 bridgehead atoms. The molecule has 0 fully saturated rings. The highest BCUT2D eigenvalue weighted by Crippen LogP contribution is 2.38. The van der Waals surface area contributed by atoms with Crippen molar-refractivity contribution in [3.8, 4) is 17.6 Å². The Labute approximate surface area is 122 Å². The van der Waals surface area contributed by atoms with Gasteiger partial charge in [-0.2, -0.15) is 5.26 Å². The molecule has 0 amide bonds. The summed E-state index contributed by atoms with van der Waals surface area (Å²) in [6, 6.07) is 12.4. The molecule has 0 aliphatic heterocycles. The van der Waals surface area contributed by atoms with E-state index in [1.54, 1.807) is 30.3 Å². The molecule has 0 aliphatic rings. The highest BCUT2D eigenvalue weighted by atomic mass is 16.5. The second-order valence-corrected chi connectivity index (χ2v) is 4.20. The Morgan fingerprint density at radius 1 is 1.14 bits per heavy atom. The lowest BCUT2D eigenvalue weighted by atomic mass is 10.1. The topological polar surface area (TPSA) is 71.3 Å². The Kier molecular flexibility index (Phi) is 4.42. The summed E-state index contributed by atoms with van der Waals surface area (Å²) in [4.78, 5) is 10.9. The lowest BCUT2D eigenvalue weighted by Crippen LogP contribution is -2.01. The summed E-state index contributed by atoms with van der Waals surface area (Å²) in [5.41, 5.74) is 2.15. The first-order valence-electron chi connectivity index (χ1n) is 6.20. The molecule has 0 saturated heterocycles. The van der Waals surface area contributed by atoms with Crippen molar-refractivity contribution >= 4 is 17.7 Å². The van der Waals surface area contributed by atoms with E-state index in [1.165, 1.54) is 14.2 Å². The van der Waals surface area contributed by atoms with Crippen molar-refractivity contribution in [3.05, 3.63) is 47.5 Å². The largest absolute Gasteiger partial charge is 0.494 e. The van der Waals surface area contributed by atoms with Gasteiger partial charge in [-0.05, 0) is 24.3 Å². The fourth-order valence-electron chi connectivity index (χ4n) is 1.95. The summed E-state index contributed by atoms with van der Waals surface area (Å²) in [7, 11) is 3.01. The summed E-state index contributed by atoms with van der Waals surface area (Å²) in [6.07, 6.45) is 0.720. The molecule has 0 saturated carbocycles. The van der Waals surface area contributed by atoms with Gasteiger partial charge < -0.3 is 14.8 Å². The van der Waals surface area contributed by atoms with Gasteiger partial charge in [-0.1, -0.05) is 12.1 Å². The van der Waals surface area contributed by atoms with Crippen LogP contribution in [0, 0.1) is 11.3 Å². The van der Waals surface area contributed by atoms with E-state index in [0.29, 0.717) is 34.0 Å². The highest BCUT2D eigenvalue weighted by Gasteiger charge is 2.14. The first-order valence-corrected chi connectivity index (χ1v) is 6.20. The molecule has 0 spiro atoms. The fraction of sp³-hybridized carbons (Fsp3) is 0.125. The molecule has 0 aromatic heterocycles. The van der Waals surface area contributed by atoms with Crippen LogP contribution in [0.25, 0.3) is 0 Å². The number of anilines is 2. The number of aldehydes is 1. The zero-order valence-corrected chi connectivity index (χ0v) is 11.7. The molecule has 2 aromatic rings. The van der Waals surface area contributed by atoms with Crippen LogP contribution in [0.4, 0.5) is 11.4 Å². The summed E-state index contributed by atoms with van der Waals surface area (Å²) in [5, 5.41) is 12.3. The molecule has 1 N–H and O–H groups in total. The average Bonchev–Trinajstić information content (AvgIpc) is 2.55. The molecular weight excluding hydrogens is 268 g/mol. The third-order valence-electron chi connectivity index (χ3n) is 2.97. The zero-order valence-electron chi connectivity index (χ0n) is 11.7. The number of nitriles is 1. The number of nitrogens with zero attached hydrogens (tertiary/aromatic N) is 1. The number of carbonyl (C=O) groups is 1. The van der Waals surface area contributed by atoms with Gasteiger partial charge >= 0.3 is 0 Å². The number of para-hydroxylation sites is 1. The Hall–Kier alpha value is -3.00. The zero-order chi connectivity index (χ0) is 15.2. The molecular formula is C16H14N2O3. The standard InChI is InChI=1S/C16H14N2O3/c1-20-14-7-11(10-19)8-15(21-2)16(14)18-13-6-4-3-5-12(13)9-17/h3-8,10,18H,1-2H3. The summed E-state index contributed by atoms with van der Waals surface area (Å²) in [6.45, 7) is 0. The second-order valence-electron chi connectivity index (χ2n) is 4.20. The van der Waals surface area contributed by atoms with Crippen molar-refractivity contribution in [2.45, 2.75) is 0 Å². The maximum absolute atomic E-state index is 10.9. The third-order valence-corrected chi connectivity index (χ3v) is 2.97. The van der Waals surface area contributed by atoms with Crippen LogP contribution in [0.5, 0.6) is 11.5 Å². The first-order chi connectivity index (χ1) is 10.2. The van der Waals surface area contributed by atoms with Crippen LogP contribution in [-0.4, -0.2) is 20.5 Å². The average molecular weight is 282 g/mol. The number of ether oxygens (including phenoxy) is 2. The van der Waals surface area contributed by atoms with Crippen molar-refractivity contribution < 1.29 is 14.3 Å². The van der Waals surface area contributed by atoms with E-state index in [2.05, 4.69) is 11.4 Å². The number of hydrogen-bond donors (Lipinski definition) is 1. The lowest BCUT2D eigenvalue weighted by molar-refractivity contribution is 0.112. The Morgan fingerprint density at radius 2 is 1.76 bits per heavy atom. The van der Waals surface area contributed by atoms with Crippen LogP contribution in [0.3, 0.4) is 0 Å². The van der Waals surface area contributed by atoms with Crippen molar-refractivity contribution in [1.29, 1.82) is 5.26 Å². The fourth-order valence-corrected chi connectivity index (χ4v) is 1.95. The Bertz CT molecular complexity index is 680. The monoisotopic (exact) mass is 282 g/mol. The minimum absolute atomic E-state index is 0.447. The minimum atomic E-state index is 0.447. The van der Waals surface area contributed by atoms with Crippen LogP contribution in [-0.2, 0) is 0 Å². The maximum atomic E-state index is 10.9. The first kappa shape index (κ1) is 14.4. The quantitative estimate of drug-likeness (QED) is 0.853. The molecule has 2 aromatic carbocycles. The Balaban J connectivity index is 2.53. The smallest absolute Gasteiger partial charge is 0.150 e. The van der Waals surface area contributed by atoms with E-state index in [0.717, 1.165) is 6.29 Å². The molecule has 2 rings (SSSR count). The predicted molar refractivity (Wildman–Crippen MR) is 79.4 cm³/mol. The molecule has 0 aliphatic carbocycles. The summed E-state index contributed by atoms with van der Waals surface area (Å²) >= 11 is 0. The number of methoxy groups -OCH3 is 2. The number of benzene rings is 2. The van der Waals surface area contributed by atoms with Gasteiger partial charge in [0.05, 0.1) is 25.5 Å². The third kappa shape index (κ3) is 2.95. The number of nitrogens with one attached hydrogen (secondary N) is 1. The van der Waals surface area contributed by atoms with Crippen molar-refractivity contribution in [3.63, 3.8) is 0 Å². The van der Waals surface area contributed by atoms with Crippen LogP contribution in [0.1, 0.15) is 15.9 Å². The van der Waals surface area contributed by atoms with Crippen LogP contribution in [0.2, 0.25) is 0 Å². The van der Waals surface area contributed by atoms with Gasteiger partial charge in [0, 0.05) is 5.56 Å². The Morgan fingerprint density at radius 3 is 2.29 bits per heavy atom. The number of hydrogen-bond acceptors (Lipinski definition) is 5. The van der Waals surface area contributed by atoms with Crippen LogP contribution >= 0.6 is 0 Å². The molecule has 0 radical (unpaired) electrons. The normalized spacial score (nSPS) is 9.57. The van der Waals surface area contributed by atoms with Gasteiger partial charge in [-0.3, -0.25) is 4.79 Å². The van der Waals surface area contributed by atoms with E-state index in [-0.39, 0.29) is 0 Å². The molecule has 0 unspecified atom stereocenters. The minimum Gasteiger partial charge on any atom is -0.494 e. The number of carbonyl (C=O) groups excluding carboxylic acids is 1. The van der Waals surface area contributed by atoms with Crippen molar-refractivity contribution in [1.82, 2.24) is 0 Å². The van der Waals surface area contributed by atoms with Crippen LogP contribution in [0.15, 0.2) is 36.4 Å². The highest BCUT2D eigenvalue weighted by molar-refractivity contribution is 5.83. The molecule has 21 heavy (non-hydrogen) atoms. The van der Waals surface area contributed by atoms with Gasteiger partial charge in [0.25, 0.3) is 0 Å². The van der Waals surface area contributed by atoms with E-state index < -0.39 is 0 Å². The van der Waals surface area contributed by atoms with Gasteiger partial charge in [0.15, 0.2) is 0 Å². The van der Waals surface area contributed by atoms with Gasteiger partial charge in [0.2, 0.25) is 0 Å². The summed E-state index contributed by atoms with van der Waals surface area (Å²) in [5.74, 6) is 0.924. The molecule has 5 nitrogen and oxygen atoms in total. The van der Waals surface area contributed by atoms with E-state index in [9.17, 15) is 4.79 Å². The van der Waals surface area contributed by atoms with Gasteiger partial charge in [0.1, 0.15) is 29.5 Å².